The summed E-state index contributed by atoms with van der Waals surface area (Å²) in [5, 5.41) is 4.22. The topological polar surface area (TPSA) is 30.5 Å². The largest absolute Gasteiger partial charge is 0.490 e. The van der Waals surface area contributed by atoms with Gasteiger partial charge in [-0.3, -0.25) is 0 Å². The molecule has 0 radical (unpaired) electrons. The Kier molecular flexibility index (Phi) is 7.45. The predicted octanol–water partition coefficient (Wildman–Crippen LogP) is 6.84. The smallest absolute Gasteiger partial charge is 0.174 e. The van der Waals surface area contributed by atoms with E-state index in [9.17, 15) is 0 Å². The number of para-hydroxylation sites is 1. The summed E-state index contributed by atoms with van der Waals surface area (Å²) in [6.45, 7) is 5.86. The zero-order valence-electron chi connectivity index (χ0n) is 16.0. The van der Waals surface area contributed by atoms with Crippen molar-refractivity contribution in [1.29, 1.82) is 0 Å². The van der Waals surface area contributed by atoms with Crippen LogP contribution in [0.25, 0.3) is 0 Å². The van der Waals surface area contributed by atoms with Crippen LogP contribution in [-0.4, -0.2) is 6.61 Å². The number of hydrogen-bond donors (Lipinski definition) is 1. The lowest BCUT2D eigenvalue weighted by atomic mass is 10.1. The Labute approximate surface area is 185 Å². The maximum Gasteiger partial charge on any atom is 0.174 e. The van der Waals surface area contributed by atoms with Gasteiger partial charge in [0.25, 0.3) is 0 Å². The maximum absolute atomic E-state index is 6.09. The Morgan fingerprint density at radius 3 is 2.43 bits per heavy atom. The average molecular weight is 508 g/mol. The second-order valence-corrected chi connectivity index (χ2v) is 8.02. The Morgan fingerprint density at radius 1 is 0.964 bits per heavy atom. The molecule has 0 aliphatic rings. The molecule has 0 spiro atoms. The van der Waals surface area contributed by atoms with E-state index in [-0.39, 0.29) is 0 Å². The van der Waals surface area contributed by atoms with Gasteiger partial charge in [-0.15, -0.1) is 0 Å². The first kappa shape index (κ1) is 20.8. The molecular weight excluding hydrogens is 485 g/mol. The zero-order valence-corrected chi connectivity index (χ0v) is 18.9. The number of hydrogen-bond acceptors (Lipinski definition) is 3. The van der Waals surface area contributed by atoms with E-state index in [0.29, 0.717) is 13.2 Å². The van der Waals surface area contributed by atoms with Gasteiger partial charge in [0.2, 0.25) is 0 Å². The summed E-state index contributed by atoms with van der Waals surface area (Å²) >= 11 is 8.26. The highest BCUT2D eigenvalue weighted by molar-refractivity contribution is 14.1. The molecule has 0 saturated carbocycles. The first-order chi connectivity index (χ1) is 13.6. The number of aryl methyl sites for hydroxylation is 1. The molecule has 0 atom stereocenters. The third kappa shape index (κ3) is 5.55. The van der Waals surface area contributed by atoms with Crippen LogP contribution in [0.5, 0.6) is 11.5 Å². The van der Waals surface area contributed by atoms with Gasteiger partial charge in [0.1, 0.15) is 6.61 Å². The molecule has 0 bridgehead atoms. The maximum atomic E-state index is 6.09. The second kappa shape index (κ2) is 10.0. The van der Waals surface area contributed by atoms with Crippen LogP contribution in [0, 0.1) is 10.5 Å². The van der Waals surface area contributed by atoms with Gasteiger partial charge in [-0.05, 0) is 83.5 Å². The van der Waals surface area contributed by atoms with Gasteiger partial charge in [-0.25, -0.2) is 0 Å². The Balaban J connectivity index is 1.75. The molecule has 1 N–H and O–H groups in total. The number of rotatable bonds is 8. The minimum atomic E-state index is 0.466. The van der Waals surface area contributed by atoms with Crippen molar-refractivity contribution in [2.24, 2.45) is 0 Å². The quantitative estimate of drug-likeness (QED) is 0.339. The van der Waals surface area contributed by atoms with E-state index in [1.807, 2.05) is 49.4 Å². The molecule has 0 aliphatic carbocycles. The van der Waals surface area contributed by atoms with E-state index < -0.39 is 0 Å². The minimum absolute atomic E-state index is 0.466. The Hall–Kier alpha value is -1.92. The number of ether oxygens (including phenoxy) is 2. The molecule has 0 amide bonds. The normalized spacial score (nSPS) is 10.6. The molecular formula is C23H23ClINO2. The molecule has 3 rings (SSSR count). The number of anilines is 1. The molecule has 0 aromatic heterocycles. The van der Waals surface area contributed by atoms with Crippen LogP contribution in [0.2, 0.25) is 5.02 Å². The fraction of sp³-hybridized carbons (Fsp3) is 0.217. The fourth-order valence-electron chi connectivity index (χ4n) is 2.83. The summed E-state index contributed by atoms with van der Waals surface area (Å²) in [5.41, 5.74) is 4.58. The summed E-state index contributed by atoms with van der Waals surface area (Å²) in [6, 6.07) is 20.1. The molecule has 0 heterocycles. The highest BCUT2D eigenvalue weighted by Crippen LogP contribution is 2.35. The summed E-state index contributed by atoms with van der Waals surface area (Å²) in [5.74, 6) is 1.54. The highest BCUT2D eigenvalue weighted by atomic mass is 127. The standard InChI is InChI=1S/C23H23ClINO2/c1-3-27-22-13-18(14-26-21-7-5-4-6-16(21)2)12-20(25)23(22)28-15-17-8-10-19(24)11-9-17/h4-13,26H,3,14-15H2,1-2H3. The van der Waals surface area contributed by atoms with Crippen LogP contribution < -0.4 is 14.8 Å². The van der Waals surface area contributed by atoms with E-state index in [0.717, 1.165) is 43.5 Å². The van der Waals surface area contributed by atoms with Gasteiger partial charge in [0.15, 0.2) is 11.5 Å². The summed E-state index contributed by atoms with van der Waals surface area (Å²) < 4.78 is 13.0. The fourth-order valence-corrected chi connectivity index (χ4v) is 3.78. The van der Waals surface area contributed by atoms with E-state index in [1.54, 1.807) is 0 Å². The number of benzene rings is 3. The molecule has 3 aromatic rings. The molecule has 28 heavy (non-hydrogen) atoms. The zero-order chi connectivity index (χ0) is 19.9. The van der Waals surface area contributed by atoms with Crippen molar-refractivity contribution in [2.75, 3.05) is 11.9 Å². The Bertz CT molecular complexity index is 928. The summed E-state index contributed by atoms with van der Waals surface area (Å²) in [7, 11) is 0. The monoisotopic (exact) mass is 507 g/mol. The van der Waals surface area contributed by atoms with Crippen molar-refractivity contribution in [3.8, 4) is 11.5 Å². The van der Waals surface area contributed by atoms with Crippen molar-refractivity contribution >= 4 is 39.9 Å². The van der Waals surface area contributed by atoms with Gasteiger partial charge < -0.3 is 14.8 Å². The molecule has 3 nitrogen and oxygen atoms in total. The number of nitrogens with one attached hydrogen (secondary N) is 1. The molecule has 0 unspecified atom stereocenters. The van der Waals surface area contributed by atoms with Crippen molar-refractivity contribution in [3.63, 3.8) is 0 Å². The first-order valence-corrected chi connectivity index (χ1v) is 10.6. The van der Waals surface area contributed by atoms with Gasteiger partial charge in [0, 0.05) is 17.3 Å². The van der Waals surface area contributed by atoms with Crippen molar-refractivity contribution < 1.29 is 9.47 Å². The van der Waals surface area contributed by atoms with E-state index >= 15 is 0 Å². The summed E-state index contributed by atoms with van der Waals surface area (Å²) in [4.78, 5) is 0. The molecule has 5 heteroatoms. The van der Waals surface area contributed by atoms with E-state index in [2.05, 4.69) is 53.0 Å². The van der Waals surface area contributed by atoms with Crippen molar-refractivity contribution in [2.45, 2.75) is 27.0 Å². The van der Waals surface area contributed by atoms with Crippen LogP contribution in [0.4, 0.5) is 5.69 Å². The molecule has 3 aromatic carbocycles. The van der Waals surface area contributed by atoms with Crippen molar-refractivity contribution in [3.05, 3.63) is 85.9 Å². The van der Waals surface area contributed by atoms with Gasteiger partial charge in [0.05, 0.1) is 10.2 Å². The molecule has 146 valence electrons. The highest BCUT2D eigenvalue weighted by Gasteiger charge is 2.13. The van der Waals surface area contributed by atoms with Crippen LogP contribution in [0.1, 0.15) is 23.6 Å². The first-order valence-electron chi connectivity index (χ1n) is 9.18. The Morgan fingerprint density at radius 2 is 1.71 bits per heavy atom. The summed E-state index contributed by atoms with van der Waals surface area (Å²) in [6.07, 6.45) is 0. The van der Waals surface area contributed by atoms with Crippen LogP contribution in [0.15, 0.2) is 60.7 Å². The van der Waals surface area contributed by atoms with E-state index in [4.69, 9.17) is 21.1 Å². The van der Waals surface area contributed by atoms with Crippen molar-refractivity contribution in [1.82, 2.24) is 0 Å². The average Bonchev–Trinajstić information content (AvgIpc) is 2.68. The number of halogens is 2. The molecule has 0 aliphatic heterocycles. The SMILES string of the molecule is CCOc1cc(CNc2ccccc2C)cc(I)c1OCc1ccc(Cl)cc1. The lowest BCUT2D eigenvalue weighted by molar-refractivity contribution is 0.267. The second-order valence-electron chi connectivity index (χ2n) is 6.42. The lowest BCUT2D eigenvalue weighted by Gasteiger charge is -2.16. The minimum Gasteiger partial charge on any atom is -0.490 e. The van der Waals surface area contributed by atoms with Crippen LogP contribution in [-0.2, 0) is 13.2 Å². The van der Waals surface area contributed by atoms with E-state index in [1.165, 1.54) is 5.56 Å². The predicted molar refractivity (Wildman–Crippen MR) is 125 cm³/mol. The van der Waals surface area contributed by atoms with Gasteiger partial charge in [-0.1, -0.05) is 41.9 Å². The third-order valence-corrected chi connectivity index (χ3v) is 5.35. The van der Waals surface area contributed by atoms with Gasteiger partial charge >= 0.3 is 0 Å². The van der Waals surface area contributed by atoms with Gasteiger partial charge in [-0.2, -0.15) is 0 Å². The van der Waals surface area contributed by atoms with Crippen LogP contribution >= 0.6 is 34.2 Å². The lowest BCUT2D eigenvalue weighted by Crippen LogP contribution is -2.05. The molecule has 0 fully saturated rings. The third-order valence-electron chi connectivity index (χ3n) is 4.29. The molecule has 0 saturated heterocycles. The van der Waals surface area contributed by atoms with Crippen LogP contribution in [0.3, 0.4) is 0 Å².